The van der Waals surface area contributed by atoms with E-state index in [1.807, 2.05) is 56.3 Å². The van der Waals surface area contributed by atoms with Crippen molar-refractivity contribution in [1.82, 2.24) is 9.46 Å². The zero-order chi connectivity index (χ0) is 20.4. The van der Waals surface area contributed by atoms with Crippen LogP contribution in [0.3, 0.4) is 0 Å². The van der Waals surface area contributed by atoms with Crippen molar-refractivity contribution in [3.8, 4) is 11.3 Å². The summed E-state index contributed by atoms with van der Waals surface area (Å²) < 4.78 is 33.8. The van der Waals surface area contributed by atoms with Gasteiger partial charge in [0, 0.05) is 24.7 Å². The van der Waals surface area contributed by atoms with Crippen LogP contribution < -0.4 is 0 Å². The van der Waals surface area contributed by atoms with Crippen LogP contribution in [-0.4, -0.2) is 31.0 Å². The van der Waals surface area contributed by atoms with Crippen molar-refractivity contribution in [1.29, 1.82) is 0 Å². The van der Waals surface area contributed by atoms with E-state index in [4.69, 9.17) is 4.52 Å². The maximum Gasteiger partial charge on any atom is 0.243 e. The van der Waals surface area contributed by atoms with Gasteiger partial charge in [0.25, 0.3) is 0 Å². The molecule has 0 spiro atoms. The molecule has 0 unspecified atom stereocenters. The molecule has 0 bridgehead atoms. The van der Waals surface area contributed by atoms with E-state index in [0.29, 0.717) is 36.6 Å². The molecule has 0 fully saturated rings. The summed E-state index contributed by atoms with van der Waals surface area (Å²) in [5.74, 6) is 0.575. The maximum atomic E-state index is 13.4. The van der Waals surface area contributed by atoms with Crippen LogP contribution in [0.25, 0.3) is 16.9 Å². The van der Waals surface area contributed by atoms with Crippen LogP contribution >= 0.6 is 0 Å². The summed E-state index contributed by atoms with van der Waals surface area (Å²) in [7, 11) is -3.61. The Hall–Kier alpha value is -2.70. The largest absolute Gasteiger partial charge is 0.356 e. The van der Waals surface area contributed by atoms with E-state index in [1.54, 1.807) is 10.4 Å². The Morgan fingerprint density at radius 3 is 2.48 bits per heavy atom. The lowest BCUT2D eigenvalue weighted by atomic mass is 10.0. The Kier molecular flexibility index (Phi) is 5.39. The summed E-state index contributed by atoms with van der Waals surface area (Å²) in [6, 6.07) is 17.4. The van der Waals surface area contributed by atoms with Gasteiger partial charge in [-0.15, -0.1) is 0 Å². The predicted octanol–water partition coefficient (Wildman–Crippen LogP) is 4.69. The highest BCUT2D eigenvalue weighted by molar-refractivity contribution is 7.89. The number of benzene rings is 2. The smallest absolute Gasteiger partial charge is 0.243 e. The maximum absolute atomic E-state index is 13.4. The third-order valence-electron chi connectivity index (χ3n) is 5.29. The lowest BCUT2D eigenvalue weighted by Gasteiger charge is -2.27. The van der Waals surface area contributed by atoms with E-state index in [2.05, 4.69) is 17.3 Å². The molecule has 6 heteroatoms. The molecule has 5 nitrogen and oxygen atoms in total. The first-order valence-electron chi connectivity index (χ1n) is 9.80. The van der Waals surface area contributed by atoms with Crippen LogP contribution in [0.15, 0.2) is 70.1 Å². The predicted molar refractivity (Wildman–Crippen MR) is 114 cm³/mol. The van der Waals surface area contributed by atoms with Gasteiger partial charge in [0.15, 0.2) is 5.76 Å². The molecule has 1 aliphatic rings. The van der Waals surface area contributed by atoms with Crippen molar-refractivity contribution in [3.05, 3.63) is 77.5 Å². The molecule has 0 radical (unpaired) electrons. The SMILES string of the molecule is CCc1ccc(-c2cc(C)no2)cc1S(=O)(=O)N1CC=C(c2ccccc2)CC1. The molecule has 3 aromatic rings. The highest BCUT2D eigenvalue weighted by Crippen LogP contribution is 2.31. The Labute approximate surface area is 171 Å². The van der Waals surface area contributed by atoms with E-state index in [9.17, 15) is 8.42 Å². The van der Waals surface area contributed by atoms with Crippen molar-refractivity contribution in [2.45, 2.75) is 31.6 Å². The summed E-state index contributed by atoms with van der Waals surface area (Å²) in [4.78, 5) is 0.350. The zero-order valence-electron chi connectivity index (χ0n) is 16.6. The van der Waals surface area contributed by atoms with Gasteiger partial charge in [-0.05, 0) is 42.5 Å². The fourth-order valence-electron chi connectivity index (χ4n) is 3.66. The first-order chi connectivity index (χ1) is 14.0. The number of aryl methyl sites for hydroxylation is 2. The second-order valence-corrected chi connectivity index (χ2v) is 9.12. The molecular formula is C23H24N2O3S. The standard InChI is InChI=1S/C23H24N2O3S/c1-3-18-9-10-21(22-15-17(2)24-28-22)16-23(18)29(26,27)25-13-11-20(12-14-25)19-7-5-4-6-8-19/h4-11,15-16H,3,12-14H2,1-2H3. The molecule has 1 aromatic heterocycles. The Morgan fingerprint density at radius 2 is 1.86 bits per heavy atom. The van der Waals surface area contributed by atoms with Crippen molar-refractivity contribution in [2.75, 3.05) is 13.1 Å². The molecule has 4 rings (SSSR count). The summed E-state index contributed by atoms with van der Waals surface area (Å²) >= 11 is 0. The monoisotopic (exact) mass is 408 g/mol. The minimum atomic E-state index is -3.61. The topological polar surface area (TPSA) is 63.4 Å². The van der Waals surface area contributed by atoms with Crippen LogP contribution in [0, 0.1) is 6.92 Å². The molecule has 0 amide bonds. The molecular weight excluding hydrogens is 384 g/mol. The van der Waals surface area contributed by atoms with E-state index in [0.717, 1.165) is 22.4 Å². The van der Waals surface area contributed by atoms with E-state index in [-0.39, 0.29) is 0 Å². The van der Waals surface area contributed by atoms with Gasteiger partial charge >= 0.3 is 0 Å². The van der Waals surface area contributed by atoms with Gasteiger partial charge in [-0.3, -0.25) is 0 Å². The van der Waals surface area contributed by atoms with Gasteiger partial charge < -0.3 is 4.52 Å². The van der Waals surface area contributed by atoms with Crippen molar-refractivity contribution >= 4 is 15.6 Å². The molecule has 150 valence electrons. The average Bonchev–Trinajstić information content (AvgIpc) is 3.20. The molecule has 0 saturated carbocycles. The summed E-state index contributed by atoms with van der Waals surface area (Å²) in [5, 5.41) is 3.91. The molecule has 0 N–H and O–H groups in total. The van der Waals surface area contributed by atoms with Gasteiger partial charge in [0.1, 0.15) is 0 Å². The molecule has 0 aliphatic carbocycles. The number of hydrogen-bond donors (Lipinski definition) is 0. The van der Waals surface area contributed by atoms with E-state index < -0.39 is 10.0 Å². The Balaban J connectivity index is 1.66. The Morgan fingerprint density at radius 1 is 1.07 bits per heavy atom. The Bertz CT molecular complexity index is 1150. The molecule has 0 atom stereocenters. The fourth-order valence-corrected chi connectivity index (χ4v) is 5.36. The number of sulfonamides is 1. The van der Waals surface area contributed by atoms with Gasteiger partial charge in [0.05, 0.1) is 10.6 Å². The zero-order valence-corrected chi connectivity index (χ0v) is 17.4. The summed E-state index contributed by atoms with van der Waals surface area (Å²) in [6.07, 6.45) is 3.36. The quantitative estimate of drug-likeness (QED) is 0.614. The van der Waals surface area contributed by atoms with Crippen LogP contribution in [0.2, 0.25) is 0 Å². The average molecular weight is 409 g/mol. The number of rotatable bonds is 5. The van der Waals surface area contributed by atoms with Gasteiger partial charge in [-0.1, -0.05) is 60.6 Å². The third-order valence-corrected chi connectivity index (χ3v) is 7.24. The number of nitrogens with zero attached hydrogens (tertiary/aromatic N) is 2. The fraction of sp³-hybridized carbons (Fsp3) is 0.261. The molecule has 1 aliphatic heterocycles. The molecule has 2 aromatic carbocycles. The van der Waals surface area contributed by atoms with Crippen LogP contribution in [0.5, 0.6) is 0 Å². The lowest BCUT2D eigenvalue weighted by molar-refractivity contribution is 0.427. The van der Waals surface area contributed by atoms with Gasteiger partial charge in [-0.2, -0.15) is 4.31 Å². The number of hydrogen-bond acceptors (Lipinski definition) is 4. The lowest BCUT2D eigenvalue weighted by Crippen LogP contribution is -2.35. The summed E-state index contributed by atoms with van der Waals surface area (Å²) in [5.41, 5.74) is 4.64. The van der Waals surface area contributed by atoms with Crippen LogP contribution in [0.1, 0.15) is 30.2 Å². The van der Waals surface area contributed by atoms with Crippen molar-refractivity contribution in [2.24, 2.45) is 0 Å². The van der Waals surface area contributed by atoms with E-state index in [1.165, 1.54) is 5.57 Å². The second kappa shape index (κ2) is 7.97. The van der Waals surface area contributed by atoms with Crippen molar-refractivity contribution in [3.63, 3.8) is 0 Å². The number of aromatic nitrogens is 1. The van der Waals surface area contributed by atoms with E-state index >= 15 is 0 Å². The molecule has 2 heterocycles. The first kappa shape index (κ1) is 19.6. The van der Waals surface area contributed by atoms with Gasteiger partial charge in [-0.25, -0.2) is 8.42 Å². The molecule has 29 heavy (non-hydrogen) atoms. The summed E-state index contributed by atoms with van der Waals surface area (Å²) in [6.45, 7) is 4.66. The normalized spacial score (nSPS) is 15.3. The highest BCUT2D eigenvalue weighted by Gasteiger charge is 2.29. The first-order valence-corrected chi connectivity index (χ1v) is 11.2. The molecule has 0 saturated heterocycles. The third kappa shape index (κ3) is 3.91. The van der Waals surface area contributed by atoms with Crippen molar-refractivity contribution < 1.29 is 12.9 Å². The highest BCUT2D eigenvalue weighted by atomic mass is 32.2. The minimum Gasteiger partial charge on any atom is -0.356 e. The van der Waals surface area contributed by atoms with Crippen LogP contribution in [-0.2, 0) is 16.4 Å². The van der Waals surface area contributed by atoms with Gasteiger partial charge in [0.2, 0.25) is 10.0 Å². The minimum absolute atomic E-state index is 0.350. The second-order valence-electron chi connectivity index (χ2n) is 7.22. The van der Waals surface area contributed by atoms with Crippen LogP contribution in [0.4, 0.5) is 0 Å².